The van der Waals surface area contributed by atoms with Crippen LogP contribution in [0.3, 0.4) is 0 Å². The molecule has 0 spiro atoms. The Bertz CT molecular complexity index is 244. The van der Waals surface area contributed by atoms with Gasteiger partial charge >= 0.3 is 0 Å². The van der Waals surface area contributed by atoms with Gasteiger partial charge in [-0.15, -0.1) is 0 Å². The number of hydrogen-bond acceptors (Lipinski definition) is 5. The van der Waals surface area contributed by atoms with E-state index in [9.17, 15) is 8.42 Å². The Morgan fingerprint density at radius 2 is 1.81 bits per heavy atom. The largest absolute Gasteiger partial charge is 0.382 e. The topological polar surface area (TPSA) is 76.7 Å². The van der Waals surface area contributed by atoms with Crippen LogP contribution in [0.4, 0.5) is 0 Å². The first-order valence-electron chi connectivity index (χ1n) is 5.28. The quantitative estimate of drug-likeness (QED) is 0.471. The lowest BCUT2D eigenvalue weighted by molar-refractivity contribution is 0.0720. The van der Waals surface area contributed by atoms with Gasteiger partial charge in [0.05, 0.1) is 26.1 Å². The summed E-state index contributed by atoms with van der Waals surface area (Å²) in [4.78, 5) is 0. The van der Waals surface area contributed by atoms with Crippen LogP contribution in [-0.2, 0) is 19.5 Å². The SMILES string of the molecule is COCCOCCNCCCNS(C)(=O)=O. The summed E-state index contributed by atoms with van der Waals surface area (Å²) in [6.07, 6.45) is 1.93. The molecular formula is C9H22N2O4S. The second kappa shape index (κ2) is 9.98. The normalized spacial score (nSPS) is 11.9. The van der Waals surface area contributed by atoms with Crippen LogP contribution >= 0.6 is 0 Å². The highest BCUT2D eigenvalue weighted by molar-refractivity contribution is 7.88. The molecule has 6 nitrogen and oxygen atoms in total. The Labute approximate surface area is 97.7 Å². The van der Waals surface area contributed by atoms with E-state index in [0.29, 0.717) is 26.4 Å². The lowest BCUT2D eigenvalue weighted by Crippen LogP contribution is -2.27. The average molecular weight is 254 g/mol. The maximum Gasteiger partial charge on any atom is 0.208 e. The van der Waals surface area contributed by atoms with Crippen LogP contribution in [0.1, 0.15) is 6.42 Å². The van der Waals surface area contributed by atoms with Gasteiger partial charge in [-0.25, -0.2) is 13.1 Å². The van der Waals surface area contributed by atoms with E-state index in [1.54, 1.807) is 7.11 Å². The maximum atomic E-state index is 10.7. The molecule has 0 rings (SSSR count). The maximum absolute atomic E-state index is 10.7. The average Bonchev–Trinajstić information content (AvgIpc) is 2.19. The van der Waals surface area contributed by atoms with Crippen molar-refractivity contribution in [2.24, 2.45) is 0 Å². The van der Waals surface area contributed by atoms with Crippen LogP contribution in [-0.4, -0.2) is 61.2 Å². The summed E-state index contributed by atoms with van der Waals surface area (Å²) >= 11 is 0. The molecule has 0 amide bonds. The summed E-state index contributed by atoms with van der Waals surface area (Å²) < 4.78 is 33.9. The Kier molecular flexibility index (Phi) is 9.85. The highest BCUT2D eigenvalue weighted by atomic mass is 32.2. The van der Waals surface area contributed by atoms with Crippen molar-refractivity contribution in [2.75, 3.05) is 52.8 Å². The molecule has 0 unspecified atom stereocenters. The first kappa shape index (κ1) is 15.8. The molecule has 16 heavy (non-hydrogen) atoms. The molecule has 0 saturated heterocycles. The fraction of sp³-hybridized carbons (Fsp3) is 1.00. The minimum absolute atomic E-state index is 0.469. The van der Waals surface area contributed by atoms with Gasteiger partial charge < -0.3 is 14.8 Å². The first-order chi connectivity index (χ1) is 7.56. The molecule has 0 aliphatic carbocycles. The summed E-state index contributed by atoms with van der Waals surface area (Å²) in [6, 6.07) is 0. The van der Waals surface area contributed by atoms with Crippen LogP contribution in [0.2, 0.25) is 0 Å². The molecule has 0 aromatic rings. The fourth-order valence-corrected chi connectivity index (χ4v) is 1.50. The molecule has 0 aromatic carbocycles. The minimum atomic E-state index is -3.05. The van der Waals surface area contributed by atoms with Crippen LogP contribution < -0.4 is 10.0 Å². The Morgan fingerprint density at radius 3 is 2.44 bits per heavy atom. The number of sulfonamides is 1. The number of nitrogens with one attached hydrogen (secondary N) is 2. The molecule has 0 aliphatic rings. The molecule has 7 heteroatoms. The Morgan fingerprint density at radius 1 is 1.06 bits per heavy atom. The van der Waals surface area contributed by atoms with E-state index in [-0.39, 0.29) is 0 Å². The number of methoxy groups -OCH3 is 1. The molecular weight excluding hydrogens is 232 g/mol. The van der Waals surface area contributed by atoms with E-state index in [1.165, 1.54) is 0 Å². The van der Waals surface area contributed by atoms with E-state index in [4.69, 9.17) is 9.47 Å². The molecule has 0 saturated carbocycles. The predicted molar refractivity (Wildman–Crippen MR) is 63.0 cm³/mol. The Balaban J connectivity index is 3.05. The third-order valence-electron chi connectivity index (χ3n) is 1.75. The number of rotatable bonds is 11. The standard InChI is InChI=1S/C9H22N2O4S/c1-14-8-9-15-7-6-10-4-3-5-11-16(2,12)13/h10-11H,3-9H2,1-2H3. The van der Waals surface area contributed by atoms with Crippen molar-refractivity contribution in [1.29, 1.82) is 0 Å². The zero-order valence-electron chi connectivity index (χ0n) is 9.99. The van der Waals surface area contributed by atoms with Crippen molar-refractivity contribution < 1.29 is 17.9 Å². The fourth-order valence-electron chi connectivity index (χ4n) is 0.985. The van der Waals surface area contributed by atoms with E-state index in [1.807, 2.05) is 0 Å². The van der Waals surface area contributed by atoms with Gasteiger partial charge in [0.2, 0.25) is 10.0 Å². The predicted octanol–water partition coefficient (Wildman–Crippen LogP) is -0.822. The second-order valence-electron chi connectivity index (χ2n) is 3.38. The van der Waals surface area contributed by atoms with Crippen molar-refractivity contribution in [3.05, 3.63) is 0 Å². The first-order valence-corrected chi connectivity index (χ1v) is 7.17. The van der Waals surface area contributed by atoms with Gasteiger partial charge in [0.1, 0.15) is 0 Å². The number of ether oxygens (including phenoxy) is 2. The molecule has 0 fully saturated rings. The molecule has 2 N–H and O–H groups in total. The van der Waals surface area contributed by atoms with Gasteiger partial charge in [-0.05, 0) is 13.0 Å². The van der Waals surface area contributed by atoms with Gasteiger partial charge in [0.15, 0.2) is 0 Å². The van der Waals surface area contributed by atoms with Gasteiger partial charge in [0.25, 0.3) is 0 Å². The second-order valence-corrected chi connectivity index (χ2v) is 5.21. The zero-order chi connectivity index (χ0) is 12.3. The number of hydrogen-bond donors (Lipinski definition) is 2. The lowest BCUT2D eigenvalue weighted by Gasteiger charge is -2.06. The molecule has 0 aliphatic heterocycles. The van der Waals surface area contributed by atoms with Crippen molar-refractivity contribution in [1.82, 2.24) is 10.0 Å². The molecule has 0 atom stereocenters. The highest BCUT2D eigenvalue weighted by Crippen LogP contribution is 1.79. The molecule has 98 valence electrons. The third-order valence-corrected chi connectivity index (χ3v) is 2.48. The van der Waals surface area contributed by atoms with Crippen molar-refractivity contribution in [3.8, 4) is 0 Å². The molecule has 0 radical (unpaired) electrons. The monoisotopic (exact) mass is 254 g/mol. The highest BCUT2D eigenvalue weighted by Gasteiger charge is 1.97. The van der Waals surface area contributed by atoms with Crippen LogP contribution in [0.5, 0.6) is 0 Å². The summed E-state index contributed by atoms with van der Waals surface area (Å²) in [6.45, 7) is 3.87. The van der Waals surface area contributed by atoms with Crippen molar-refractivity contribution in [3.63, 3.8) is 0 Å². The summed E-state index contributed by atoms with van der Waals surface area (Å²) in [7, 11) is -1.41. The van der Waals surface area contributed by atoms with E-state index < -0.39 is 10.0 Å². The minimum Gasteiger partial charge on any atom is -0.382 e. The molecule has 0 heterocycles. The van der Waals surface area contributed by atoms with Crippen molar-refractivity contribution in [2.45, 2.75) is 6.42 Å². The Hall–Kier alpha value is -0.210. The summed E-state index contributed by atoms with van der Waals surface area (Å²) in [5.74, 6) is 0. The van der Waals surface area contributed by atoms with Crippen LogP contribution in [0.15, 0.2) is 0 Å². The van der Waals surface area contributed by atoms with E-state index in [0.717, 1.165) is 25.8 Å². The van der Waals surface area contributed by atoms with Gasteiger partial charge in [-0.1, -0.05) is 0 Å². The van der Waals surface area contributed by atoms with Gasteiger partial charge in [-0.2, -0.15) is 0 Å². The lowest BCUT2D eigenvalue weighted by atomic mass is 10.4. The summed E-state index contributed by atoms with van der Waals surface area (Å²) in [5, 5.41) is 3.15. The zero-order valence-corrected chi connectivity index (χ0v) is 10.8. The van der Waals surface area contributed by atoms with Crippen LogP contribution in [0, 0.1) is 0 Å². The molecule has 0 aromatic heterocycles. The van der Waals surface area contributed by atoms with E-state index >= 15 is 0 Å². The summed E-state index contributed by atoms with van der Waals surface area (Å²) in [5.41, 5.74) is 0. The van der Waals surface area contributed by atoms with E-state index in [2.05, 4.69) is 10.0 Å². The van der Waals surface area contributed by atoms with Crippen molar-refractivity contribution >= 4 is 10.0 Å². The smallest absolute Gasteiger partial charge is 0.208 e. The van der Waals surface area contributed by atoms with Crippen LogP contribution in [0.25, 0.3) is 0 Å². The van der Waals surface area contributed by atoms with Gasteiger partial charge in [0, 0.05) is 20.2 Å². The third kappa shape index (κ3) is 13.8. The van der Waals surface area contributed by atoms with Gasteiger partial charge in [-0.3, -0.25) is 0 Å². The molecule has 0 bridgehead atoms.